The zero-order valence-electron chi connectivity index (χ0n) is 17.6. The van der Waals surface area contributed by atoms with Gasteiger partial charge in [-0.2, -0.15) is 0 Å². The lowest BCUT2D eigenvalue weighted by molar-refractivity contribution is 0.625. The highest BCUT2D eigenvalue weighted by Crippen LogP contribution is 2.33. The van der Waals surface area contributed by atoms with Crippen LogP contribution in [0, 0.1) is 0 Å². The molecule has 3 aromatic carbocycles. The Labute approximate surface area is 192 Å². The van der Waals surface area contributed by atoms with Crippen molar-refractivity contribution in [1.82, 2.24) is 14.5 Å². The predicted octanol–water partition coefficient (Wildman–Crippen LogP) is 7.72. The zero-order chi connectivity index (χ0) is 21.5. The molecular formula is C28H22ClN3. The van der Waals surface area contributed by atoms with E-state index in [1.54, 1.807) is 0 Å². The van der Waals surface area contributed by atoms with Crippen LogP contribution in [0.25, 0.3) is 38.8 Å². The first-order chi connectivity index (χ1) is 15.8. The van der Waals surface area contributed by atoms with Gasteiger partial charge < -0.3 is 4.57 Å². The lowest BCUT2D eigenvalue weighted by Gasteiger charge is -2.16. The molecule has 0 spiro atoms. The van der Waals surface area contributed by atoms with Crippen molar-refractivity contribution in [2.45, 2.75) is 25.2 Å². The summed E-state index contributed by atoms with van der Waals surface area (Å²) in [6, 6.07) is 27.5. The highest BCUT2D eigenvalue weighted by Gasteiger charge is 2.17. The SMILES string of the molecule is Clc1cc(-c2ccc(-n3c4ccccc4c4ccccc43)cc2)nc(C2C=CCCC2)n1. The van der Waals surface area contributed by atoms with Crippen LogP contribution >= 0.6 is 11.6 Å². The Morgan fingerprint density at radius 1 is 0.812 bits per heavy atom. The predicted molar refractivity (Wildman–Crippen MR) is 133 cm³/mol. The molecule has 0 bridgehead atoms. The van der Waals surface area contributed by atoms with Crippen molar-refractivity contribution in [1.29, 1.82) is 0 Å². The number of hydrogen-bond acceptors (Lipinski definition) is 2. The Kier molecular flexibility index (Phi) is 4.77. The Bertz CT molecular complexity index is 1410. The number of rotatable bonds is 3. The summed E-state index contributed by atoms with van der Waals surface area (Å²) < 4.78 is 2.32. The van der Waals surface area contributed by atoms with Crippen molar-refractivity contribution in [3.8, 4) is 16.9 Å². The van der Waals surface area contributed by atoms with E-state index in [1.165, 1.54) is 28.2 Å². The van der Waals surface area contributed by atoms with E-state index in [0.717, 1.165) is 35.6 Å². The molecule has 32 heavy (non-hydrogen) atoms. The quantitative estimate of drug-likeness (QED) is 0.214. The molecule has 1 aliphatic rings. The number of halogens is 1. The van der Waals surface area contributed by atoms with Gasteiger partial charge in [0.05, 0.1) is 16.7 Å². The van der Waals surface area contributed by atoms with E-state index in [0.29, 0.717) is 5.15 Å². The molecule has 0 radical (unpaired) electrons. The molecule has 6 rings (SSSR count). The summed E-state index contributed by atoms with van der Waals surface area (Å²) in [6.45, 7) is 0. The summed E-state index contributed by atoms with van der Waals surface area (Å²) in [6.07, 6.45) is 7.81. The normalized spacial score (nSPS) is 16.1. The van der Waals surface area contributed by atoms with E-state index in [9.17, 15) is 0 Å². The topological polar surface area (TPSA) is 30.7 Å². The first-order valence-corrected chi connectivity index (χ1v) is 11.5. The monoisotopic (exact) mass is 435 g/mol. The van der Waals surface area contributed by atoms with Crippen LogP contribution < -0.4 is 0 Å². The third-order valence-corrected chi connectivity index (χ3v) is 6.49. The van der Waals surface area contributed by atoms with Crippen LogP contribution in [0.1, 0.15) is 31.0 Å². The highest BCUT2D eigenvalue weighted by atomic mass is 35.5. The number of allylic oxidation sites excluding steroid dienone is 2. The molecule has 0 saturated heterocycles. The first kappa shape index (κ1) is 19.3. The Balaban J connectivity index is 1.43. The van der Waals surface area contributed by atoms with Gasteiger partial charge in [-0.1, -0.05) is 72.3 Å². The fourth-order valence-electron chi connectivity index (χ4n) is 4.76. The molecule has 0 aliphatic heterocycles. The number of nitrogens with zero attached hydrogens (tertiary/aromatic N) is 3. The van der Waals surface area contributed by atoms with Crippen molar-refractivity contribution < 1.29 is 0 Å². The van der Waals surface area contributed by atoms with E-state index in [-0.39, 0.29) is 5.92 Å². The third kappa shape index (κ3) is 3.30. The van der Waals surface area contributed by atoms with Crippen molar-refractivity contribution >= 4 is 33.4 Å². The first-order valence-electron chi connectivity index (χ1n) is 11.1. The maximum atomic E-state index is 6.38. The molecule has 1 unspecified atom stereocenters. The van der Waals surface area contributed by atoms with Crippen LogP contribution in [-0.2, 0) is 0 Å². The van der Waals surface area contributed by atoms with Gasteiger partial charge in [0.2, 0.25) is 0 Å². The lowest BCUT2D eigenvalue weighted by atomic mass is 9.95. The Morgan fingerprint density at radius 3 is 2.16 bits per heavy atom. The molecule has 0 amide bonds. The number of benzene rings is 3. The lowest BCUT2D eigenvalue weighted by Crippen LogP contribution is -2.06. The maximum Gasteiger partial charge on any atom is 0.137 e. The molecule has 0 saturated carbocycles. The molecule has 0 fully saturated rings. The second-order valence-electron chi connectivity index (χ2n) is 8.32. The van der Waals surface area contributed by atoms with E-state index in [2.05, 4.69) is 94.5 Å². The van der Waals surface area contributed by atoms with Gasteiger partial charge in [-0.05, 0) is 43.5 Å². The van der Waals surface area contributed by atoms with Gasteiger partial charge in [0.25, 0.3) is 0 Å². The summed E-state index contributed by atoms with van der Waals surface area (Å²) in [7, 11) is 0. The number of fused-ring (bicyclic) bond motifs is 3. The van der Waals surface area contributed by atoms with Gasteiger partial charge in [0.15, 0.2) is 0 Å². The van der Waals surface area contributed by atoms with Gasteiger partial charge in [-0.15, -0.1) is 0 Å². The molecule has 2 aromatic heterocycles. The summed E-state index contributed by atoms with van der Waals surface area (Å²) in [5.41, 5.74) is 5.45. The van der Waals surface area contributed by atoms with Gasteiger partial charge in [-0.25, -0.2) is 9.97 Å². The summed E-state index contributed by atoms with van der Waals surface area (Å²) in [5, 5.41) is 3.02. The van der Waals surface area contributed by atoms with Crippen LogP contribution in [0.3, 0.4) is 0 Å². The minimum absolute atomic E-state index is 0.248. The molecule has 3 nitrogen and oxygen atoms in total. The third-order valence-electron chi connectivity index (χ3n) is 6.30. The number of hydrogen-bond donors (Lipinski definition) is 0. The molecule has 0 N–H and O–H groups in total. The van der Waals surface area contributed by atoms with Gasteiger partial charge in [0, 0.05) is 34.0 Å². The van der Waals surface area contributed by atoms with E-state index >= 15 is 0 Å². The van der Waals surface area contributed by atoms with E-state index < -0.39 is 0 Å². The molecule has 4 heteroatoms. The second kappa shape index (κ2) is 7.92. The van der Waals surface area contributed by atoms with Crippen LogP contribution in [-0.4, -0.2) is 14.5 Å². The molecule has 5 aromatic rings. The summed E-state index contributed by atoms with van der Waals surface area (Å²) >= 11 is 6.38. The second-order valence-corrected chi connectivity index (χ2v) is 8.70. The fraction of sp³-hybridized carbons (Fsp3) is 0.143. The van der Waals surface area contributed by atoms with Crippen molar-refractivity contribution in [3.63, 3.8) is 0 Å². The maximum absolute atomic E-state index is 6.38. The summed E-state index contributed by atoms with van der Waals surface area (Å²) in [5.74, 6) is 1.06. The minimum Gasteiger partial charge on any atom is -0.309 e. The zero-order valence-corrected chi connectivity index (χ0v) is 18.3. The van der Waals surface area contributed by atoms with Crippen molar-refractivity contribution in [3.05, 3.63) is 102 Å². The molecule has 1 atom stereocenters. The van der Waals surface area contributed by atoms with Crippen molar-refractivity contribution in [2.75, 3.05) is 0 Å². The molecule has 156 valence electrons. The smallest absolute Gasteiger partial charge is 0.137 e. The van der Waals surface area contributed by atoms with Crippen LogP contribution in [0.15, 0.2) is 91.0 Å². The minimum atomic E-state index is 0.248. The van der Waals surface area contributed by atoms with Gasteiger partial charge >= 0.3 is 0 Å². The Hall–Kier alpha value is -3.43. The summed E-state index contributed by atoms with van der Waals surface area (Å²) in [4.78, 5) is 9.37. The Morgan fingerprint density at radius 2 is 1.50 bits per heavy atom. The number of aromatic nitrogens is 3. The average molecular weight is 436 g/mol. The van der Waals surface area contributed by atoms with Crippen LogP contribution in [0.2, 0.25) is 5.15 Å². The van der Waals surface area contributed by atoms with Gasteiger partial charge in [-0.3, -0.25) is 0 Å². The standard InChI is InChI=1S/C28H22ClN3/c29-27-18-24(30-28(31-27)20-8-2-1-3-9-20)19-14-16-21(17-15-19)32-25-12-6-4-10-22(25)23-11-5-7-13-26(23)32/h2,4-8,10-18,20H,1,3,9H2. The van der Waals surface area contributed by atoms with E-state index in [4.69, 9.17) is 16.6 Å². The van der Waals surface area contributed by atoms with Gasteiger partial charge in [0.1, 0.15) is 11.0 Å². The average Bonchev–Trinajstić information content (AvgIpc) is 3.19. The van der Waals surface area contributed by atoms with Crippen LogP contribution in [0.4, 0.5) is 0 Å². The van der Waals surface area contributed by atoms with Crippen LogP contribution in [0.5, 0.6) is 0 Å². The number of para-hydroxylation sites is 2. The van der Waals surface area contributed by atoms with E-state index in [1.807, 2.05) is 6.07 Å². The largest absolute Gasteiger partial charge is 0.309 e. The van der Waals surface area contributed by atoms with Crippen molar-refractivity contribution in [2.24, 2.45) is 0 Å². The highest BCUT2D eigenvalue weighted by molar-refractivity contribution is 6.29. The fourth-order valence-corrected chi connectivity index (χ4v) is 4.95. The molecule has 2 heterocycles. The molecular weight excluding hydrogens is 414 g/mol. The molecule has 1 aliphatic carbocycles.